The first-order valence-electron chi connectivity index (χ1n) is 8.35. The molecule has 2 aromatic rings. The van der Waals surface area contributed by atoms with E-state index in [1.54, 1.807) is 6.07 Å². The van der Waals surface area contributed by atoms with E-state index in [-0.39, 0.29) is 6.10 Å². The summed E-state index contributed by atoms with van der Waals surface area (Å²) >= 11 is 0. The Morgan fingerprint density at radius 1 is 1.21 bits per heavy atom. The fraction of sp³-hybridized carbons (Fsp3) is 0.350. The van der Waals surface area contributed by atoms with Crippen molar-refractivity contribution in [2.24, 2.45) is 5.92 Å². The van der Waals surface area contributed by atoms with E-state index >= 15 is 0 Å². The summed E-state index contributed by atoms with van der Waals surface area (Å²) in [5.74, 6) is 1.28. The summed E-state index contributed by atoms with van der Waals surface area (Å²) in [4.78, 5) is 0. The number of nitrogens with one attached hydrogen (secondary N) is 1. The second-order valence-corrected chi connectivity index (χ2v) is 6.24. The van der Waals surface area contributed by atoms with Crippen LogP contribution >= 0.6 is 0 Å². The monoisotopic (exact) mass is 322 g/mol. The molecule has 0 aliphatic heterocycles. The number of hydrogen-bond donors (Lipinski definition) is 2. The lowest BCUT2D eigenvalue weighted by atomic mass is 10.1. The molecule has 0 amide bonds. The number of hydrogen-bond acceptors (Lipinski definition) is 4. The van der Waals surface area contributed by atoms with Gasteiger partial charge in [-0.1, -0.05) is 30.3 Å². The highest BCUT2D eigenvalue weighted by Gasteiger charge is 2.28. The average Bonchev–Trinajstić information content (AvgIpc) is 3.46. The molecule has 1 aliphatic rings. The van der Waals surface area contributed by atoms with Gasteiger partial charge in [-0.25, -0.2) is 0 Å². The molecule has 4 heteroatoms. The number of aliphatic hydroxyl groups is 1. The van der Waals surface area contributed by atoms with E-state index in [2.05, 4.69) is 11.4 Å². The Morgan fingerprint density at radius 3 is 2.83 bits per heavy atom. The van der Waals surface area contributed by atoms with Crippen LogP contribution in [0.3, 0.4) is 0 Å². The number of nitrogens with zero attached hydrogens (tertiary/aromatic N) is 1. The van der Waals surface area contributed by atoms with Crippen LogP contribution in [0.2, 0.25) is 0 Å². The lowest BCUT2D eigenvalue weighted by molar-refractivity contribution is 0.148. The van der Waals surface area contributed by atoms with Gasteiger partial charge in [0.15, 0.2) is 0 Å². The standard InChI is InChI=1S/C20H22N2O2/c21-11-17-5-1-2-6-18(17)14-24-19-7-3-4-15(10-19)12-22-13-20(23)16-8-9-16/h1-7,10,16,20,22-23H,8-9,12-14H2/t20-/m1/s1. The molecule has 1 fully saturated rings. The predicted molar refractivity (Wildman–Crippen MR) is 92.4 cm³/mol. The Balaban J connectivity index is 1.52. The van der Waals surface area contributed by atoms with Crippen molar-refractivity contribution in [3.63, 3.8) is 0 Å². The van der Waals surface area contributed by atoms with Crippen LogP contribution in [0.15, 0.2) is 48.5 Å². The molecular formula is C20H22N2O2. The van der Waals surface area contributed by atoms with Gasteiger partial charge in [0.2, 0.25) is 0 Å². The van der Waals surface area contributed by atoms with Crippen molar-refractivity contribution in [3.8, 4) is 11.8 Å². The lowest BCUT2D eigenvalue weighted by Gasteiger charge is -2.12. The normalized spacial score (nSPS) is 14.8. The van der Waals surface area contributed by atoms with Crippen LogP contribution in [0.5, 0.6) is 5.75 Å². The molecule has 0 bridgehead atoms. The number of aliphatic hydroxyl groups excluding tert-OH is 1. The second-order valence-electron chi connectivity index (χ2n) is 6.24. The minimum Gasteiger partial charge on any atom is -0.489 e. The highest BCUT2D eigenvalue weighted by Crippen LogP contribution is 2.32. The van der Waals surface area contributed by atoms with Crippen molar-refractivity contribution < 1.29 is 9.84 Å². The Hall–Kier alpha value is -2.35. The Bertz CT molecular complexity index is 720. The molecule has 124 valence electrons. The van der Waals surface area contributed by atoms with Crippen LogP contribution in [-0.4, -0.2) is 17.8 Å². The molecule has 0 saturated heterocycles. The van der Waals surface area contributed by atoms with Gasteiger partial charge >= 0.3 is 0 Å². The molecule has 1 aliphatic carbocycles. The van der Waals surface area contributed by atoms with E-state index in [1.165, 1.54) is 0 Å². The molecule has 2 N–H and O–H groups in total. The van der Waals surface area contributed by atoms with Gasteiger partial charge in [-0.3, -0.25) is 0 Å². The van der Waals surface area contributed by atoms with Crippen molar-refractivity contribution in [2.75, 3.05) is 6.54 Å². The fourth-order valence-electron chi connectivity index (χ4n) is 2.67. The van der Waals surface area contributed by atoms with Crippen LogP contribution in [0.4, 0.5) is 0 Å². The molecule has 0 spiro atoms. The maximum Gasteiger partial charge on any atom is 0.120 e. The summed E-state index contributed by atoms with van der Waals surface area (Å²) in [5.41, 5.74) is 2.64. The van der Waals surface area contributed by atoms with Crippen molar-refractivity contribution in [2.45, 2.75) is 32.1 Å². The third-order valence-corrected chi connectivity index (χ3v) is 4.28. The molecule has 0 unspecified atom stereocenters. The highest BCUT2D eigenvalue weighted by molar-refractivity contribution is 5.37. The lowest BCUT2D eigenvalue weighted by Crippen LogP contribution is -2.27. The van der Waals surface area contributed by atoms with E-state index in [4.69, 9.17) is 10.00 Å². The molecule has 1 saturated carbocycles. The zero-order chi connectivity index (χ0) is 16.8. The highest BCUT2D eigenvalue weighted by atomic mass is 16.5. The summed E-state index contributed by atoms with van der Waals surface area (Å²) < 4.78 is 5.82. The third kappa shape index (κ3) is 4.58. The van der Waals surface area contributed by atoms with Crippen LogP contribution in [0.25, 0.3) is 0 Å². The van der Waals surface area contributed by atoms with Crippen molar-refractivity contribution in [1.29, 1.82) is 5.26 Å². The Morgan fingerprint density at radius 2 is 2.04 bits per heavy atom. The van der Waals surface area contributed by atoms with E-state index < -0.39 is 0 Å². The van der Waals surface area contributed by atoms with Gasteiger partial charge in [-0.15, -0.1) is 0 Å². The molecule has 0 heterocycles. The van der Waals surface area contributed by atoms with E-state index in [0.29, 0.717) is 31.2 Å². The number of nitriles is 1. The zero-order valence-corrected chi connectivity index (χ0v) is 13.6. The maximum absolute atomic E-state index is 9.87. The molecule has 4 nitrogen and oxygen atoms in total. The van der Waals surface area contributed by atoms with Gasteiger partial charge < -0.3 is 15.2 Å². The average molecular weight is 322 g/mol. The number of benzene rings is 2. The largest absolute Gasteiger partial charge is 0.489 e. The fourth-order valence-corrected chi connectivity index (χ4v) is 2.67. The van der Waals surface area contributed by atoms with Gasteiger partial charge in [0.1, 0.15) is 12.4 Å². The van der Waals surface area contributed by atoms with Gasteiger partial charge in [0.05, 0.1) is 17.7 Å². The third-order valence-electron chi connectivity index (χ3n) is 4.28. The first-order chi connectivity index (χ1) is 11.8. The van der Waals surface area contributed by atoms with Crippen molar-refractivity contribution >= 4 is 0 Å². The quantitative estimate of drug-likeness (QED) is 0.784. The smallest absolute Gasteiger partial charge is 0.120 e. The minimum absolute atomic E-state index is 0.230. The molecule has 2 aromatic carbocycles. The van der Waals surface area contributed by atoms with Crippen LogP contribution < -0.4 is 10.1 Å². The predicted octanol–water partition coefficient (Wildman–Crippen LogP) is 3.00. The van der Waals surface area contributed by atoms with Gasteiger partial charge in [0, 0.05) is 18.7 Å². The van der Waals surface area contributed by atoms with E-state index in [9.17, 15) is 5.11 Å². The van der Waals surface area contributed by atoms with Crippen molar-refractivity contribution in [1.82, 2.24) is 5.32 Å². The molecule has 0 radical (unpaired) electrons. The van der Waals surface area contributed by atoms with Gasteiger partial charge in [-0.2, -0.15) is 5.26 Å². The SMILES string of the molecule is N#Cc1ccccc1COc1cccc(CNC[C@@H](O)C2CC2)c1. The summed E-state index contributed by atoms with van der Waals surface area (Å²) in [6.45, 7) is 1.71. The molecule has 3 rings (SSSR count). The molecule has 1 atom stereocenters. The zero-order valence-electron chi connectivity index (χ0n) is 13.6. The summed E-state index contributed by atoms with van der Waals surface area (Å²) in [5, 5.41) is 22.3. The van der Waals surface area contributed by atoms with E-state index in [0.717, 1.165) is 29.7 Å². The van der Waals surface area contributed by atoms with Crippen LogP contribution in [0, 0.1) is 17.2 Å². The van der Waals surface area contributed by atoms with Crippen LogP contribution in [0.1, 0.15) is 29.5 Å². The molecular weight excluding hydrogens is 300 g/mol. The van der Waals surface area contributed by atoms with Crippen LogP contribution in [-0.2, 0) is 13.2 Å². The van der Waals surface area contributed by atoms with Crippen molar-refractivity contribution in [3.05, 3.63) is 65.2 Å². The van der Waals surface area contributed by atoms with Gasteiger partial charge in [0.25, 0.3) is 0 Å². The number of rotatable bonds is 8. The summed E-state index contributed by atoms with van der Waals surface area (Å²) in [6, 6.07) is 17.5. The first kappa shape index (κ1) is 16.5. The van der Waals surface area contributed by atoms with Gasteiger partial charge in [-0.05, 0) is 42.5 Å². The first-order valence-corrected chi connectivity index (χ1v) is 8.35. The Kier molecular flexibility index (Phi) is 5.47. The minimum atomic E-state index is -0.230. The molecule has 0 aromatic heterocycles. The molecule has 24 heavy (non-hydrogen) atoms. The summed E-state index contributed by atoms with van der Waals surface area (Å²) in [6.07, 6.45) is 2.07. The summed E-state index contributed by atoms with van der Waals surface area (Å²) in [7, 11) is 0. The van der Waals surface area contributed by atoms with E-state index in [1.807, 2.05) is 42.5 Å². The Labute approximate surface area is 142 Å². The maximum atomic E-state index is 9.87. The topological polar surface area (TPSA) is 65.3 Å². The second kappa shape index (κ2) is 7.96. The number of ether oxygens (including phenoxy) is 1.